The zero-order chi connectivity index (χ0) is 14.1. The van der Waals surface area contributed by atoms with Gasteiger partial charge in [0.05, 0.1) is 6.61 Å². The second kappa shape index (κ2) is 5.10. The molecule has 0 fully saturated rings. The molecule has 0 saturated carbocycles. The molecule has 0 aliphatic rings. The number of hydrogen-bond acceptors (Lipinski definition) is 1. The highest BCUT2D eigenvalue weighted by atomic mass is 28.4. The molecule has 0 heterocycles. The minimum atomic E-state index is -1.68. The van der Waals surface area contributed by atoms with Gasteiger partial charge in [-0.1, -0.05) is 63.2 Å². The van der Waals surface area contributed by atoms with Crippen molar-refractivity contribution in [3.63, 3.8) is 0 Å². The summed E-state index contributed by atoms with van der Waals surface area (Å²) < 4.78 is 6.33. The van der Waals surface area contributed by atoms with E-state index < -0.39 is 8.32 Å². The number of fused-ring (bicyclic) bond motifs is 1. The molecule has 0 unspecified atom stereocenters. The van der Waals surface area contributed by atoms with Crippen LogP contribution in [-0.4, -0.2) is 8.32 Å². The summed E-state index contributed by atoms with van der Waals surface area (Å²) in [6, 6.07) is 15.0. The first-order chi connectivity index (χ1) is 8.81. The van der Waals surface area contributed by atoms with E-state index in [9.17, 15) is 0 Å². The largest absolute Gasteiger partial charge is 0.413 e. The van der Waals surface area contributed by atoms with Gasteiger partial charge in [-0.05, 0) is 34.5 Å². The summed E-state index contributed by atoms with van der Waals surface area (Å²) in [6.07, 6.45) is 0. The predicted octanol–water partition coefficient (Wildman–Crippen LogP) is 5.36. The van der Waals surface area contributed by atoms with E-state index >= 15 is 0 Å². The molecule has 0 aliphatic carbocycles. The van der Waals surface area contributed by atoms with Gasteiger partial charge in [0.15, 0.2) is 8.32 Å². The summed E-state index contributed by atoms with van der Waals surface area (Å²) in [4.78, 5) is 0. The Balaban J connectivity index is 2.23. The van der Waals surface area contributed by atoms with Crippen molar-refractivity contribution in [3.05, 3.63) is 48.0 Å². The van der Waals surface area contributed by atoms with E-state index in [2.05, 4.69) is 76.3 Å². The lowest BCUT2D eigenvalue weighted by molar-refractivity contribution is 0.277. The molecule has 2 heteroatoms. The number of hydrogen-bond donors (Lipinski definition) is 0. The second-order valence-electron chi connectivity index (χ2n) is 6.69. The molecule has 0 saturated heterocycles. The SMILES string of the molecule is CC(C)(C)[Si](C)(C)OCc1cccc2ccccc12. The molecule has 0 bridgehead atoms. The van der Waals surface area contributed by atoms with Gasteiger partial charge in [-0.2, -0.15) is 0 Å². The summed E-state index contributed by atoms with van der Waals surface area (Å²) in [6.45, 7) is 12.2. The molecular weight excluding hydrogens is 248 g/mol. The van der Waals surface area contributed by atoms with E-state index in [0.717, 1.165) is 6.61 Å². The average Bonchev–Trinajstić information content (AvgIpc) is 2.35. The van der Waals surface area contributed by atoms with Gasteiger partial charge >= 0.3 is 0 Å². The van der Waals surface area contributed by atoms with Gasteiger partial charge in [-0.3, -0.25) is 0 Å². The molecule has 0 N–H and O–H groups in total. The second-order valence-corrected chi connectivity index (χ2v) is 11.5. The van der Waals surface area contributed by atoms with Crippen molar-refractivity contribution in [1.82, 2.24) is 0 Å². The van der Waals surface area contributed by atoms with E-state index in [1.165, 1.54) is 16.3 Å². The Morgan fingerprint density at radius 3 is 2.26 bits per heavy atom. The van der Waals surface area contributed by atoms with Gasteiger partial charge in [0.1, 0.15) is 0 Å². The van der Waals surface area contributed by atoms with Crippen LogP contribution in [0.15, 0.2) is 42.5 Å². The molecule has 0 aromatic heterocycles. The van der Waals surface area contributed by atoms with Crippen molar-refractivity contribution in [3.8, 4) is 0 Å². The Bertz CT molecular complexity index is 561. The maximum atomic E-state index is 6.33. The minimum Gasteiger partial charge on any atom is -0.413 e. The van der Waals surface area contributed by atoms with Crippen LogP contribution in [0.2, 0.25) is 18.1 Å². The van der Waals surface area contributed by atoms with Gasteiger partial charge < -0.3 is 4.43 Å². The zero-order valence-corrected chi connectivity index (χ0v) is 13.7. The molecule has 0 atom stereocenters. The topological polar surface area (TPSA) is 9.23 Å². The van der Waals surface area contributed by atoms with Gasteiger partial charge in [-0.15, -0.1) is 0 Å². The Labute approximate surface area is 117 Å². The minimum absolute atomic E-state index is 0.261. The van der Waals surface area contributed by atoms with Gasteiger partial charge in [0.2, 0.25) is 0 Å². The monoisotopic (exact) mass is 272 g/mol. The summed E-state index contributed by atoms with van der Waals surface area (Å²) in [7, 11) is -1.68. The maximum absolute atomic E-state index is 6.33. The first-order valence-corrected chi connectivity index (χ1v) is 9.83. The quantitative estimate of drug-likeness (QED) is 0.683. The lowest BCUT2D eigenvalue weighted by Gasteiger charge is -2.36. The number of benzene rings is 2. The van der Waals surface area contributed by atoms with Crippen molar-refractivity contribution < 1.29 is 4.43 Å². The highest BCUT2D eigenvalue weighted by Crippen LogP contribution is 2.37. The first-order valence-electron chi connectivity index (χ1n) is 6.92. The molecule has 2 aromatic rings. The molecule has 2 aromatic carbocycles. The predicted molar refractivity (Wildman–Crippen MR) is 85.9 cm³/mol. The molecule has 102 valence electrons. The van der Waals surface area contributed by atoms with Crippen LogP contribution >= 0.6 is 0 Å². The molecule has 0 amide bonds. The van der Waals surface area contributed by atoms with Gasteiger partial charge in [0.25, 0.3) is 0 Å². The summed E-state index contributed by atoms with van der Waals surface area (Å²) in [5.41, 5.74) is 1.29. The van der Waals surface area contributed by atoms with Crippen LogP contribution in [-0.2, 0) is 11.0 Å². The Hall–Kier alpha value is -1.12. The molecule has 2 rings (SSSR count). The number of rotatable bonds is 3. The fourth-order valence-corrected chi connectivity index (χ4v) is 2.84. The van der Waals surface area contributed by atoms with E-state index in [1.54, 1.807) is 0 Å². The van der Waals surface area contributed by atoms with Crippen molar-refractivity contribution in [2.45, 2.75) is 45.5 Å². The third-order valence-electron chi connectivity index (χ3n) is 4.27. The maximum Gasteiger partial charge on any atom is 0.192 e. The van der Waals surface area contributed by atoms with E-state index in [-0.39, 0.29) is 5.04 Å². The van der Waals surface area contributed by atoms with Gasteiger partial charge in [-0.25, -0.2) is 0 Å². The zero-order valence-electron chi connectivity index (χ0n) is 12.7. The molecule has 0 spiro atoms. The lowest BCUT2D eigenvalue weighted by atomic mass is 10.1. The molecular formula is C17H24OSi. The van der Waals surface area contributed by atoms with Crippen molar-refractivity contribution in [1.29, 1.82) is 0 Å². The standard InChI is InChI=1S/C17H24OSi/c1-17(2,3)19(4,5)18-13-15-11-8-10-14-9-6-7-12-16(14)15/h6-12H,13H2,1-5H3. The normalized spacial score (nSPS) is 12.9. The Morgan fingerprint density at radius 2 is 1.58 bits per heavy atom. The fourth-order valence-electron chi connectivity index (χ4n) is 1.89. The van der Waals surface area contributed by atoms with E-state index in [0.29, 0.717) is 0 Å². The smallest absolute Gasteiger partial charge is 0.192 e. The lowest BCUT2D eigenvalue weighted by Crippen LogP contribution is -2.40. The third kappa shape index (κ3) is 3.07. The summed E-state index contributed by atoms with van der Waals surface area (Å²) in [5, 5.41) is 2.86. The Morgan fingerprint density at radius 1 is 0.947 bits per heavy atom. The molecule has 0 aliphatic heterocycles. The van der Waals surface area contributed by atoms with E-state index in [1.807, 2.05) is 0 Å². The van der Waals surface area contributed by atoms with Crippen LogP contribution in [0.4, 0.5) is 0 Å². The highest BCUT2D eigenvalue weighted by molar-refractivity contribution is 6.74. The van der Waals surface area contributed by atoms with Crippen LogP contribution in [0.1, 0.15) is 26.3 Å². The Kier molecular flexibility index (Phi) is 3.84. The van der Waals surface area contributed by atoms with Crippen LogP contribution < -0.4 is 0 Å². The molecule has 1 nitrogen and oxygen atoms in total. The average molecular weight is 272 g/mol. The van der Waals surface area contributed by atoms with Crippen LogP contribution in [0.25, 0.3) is 10.8 Å². The molecule has 19 heavy (non-hydrogen) atoms. The van der Waals surface area contributed by atoms with Crippen LogP contribution in [0.3, 0.4) is 0 Å². The van der Waals surface area contributed by atoms with Crippen LogP contribution in [0.5, 0.6) is 0 Å². The van der Waals surface area contributed by atoms with Crippen molar-refractivity contribution >= 4 is 19.1 Å². The fraction of sp³-hybridized carbons (Fsp3) is 0.412. The third-order valence-corrected chi connectivity index (χ3v) is 8.75. The van der Waals surface area contributed by atoms with E-state index in [4.69, 9.17) is 4.43 Å². The van der Waals surface area contributed by atoms with Crippen molar-refractivity contribution in [2.24, 2.45) is 0 Å². The van der Waals surface area contributed by atoms with Gasteiger partial charge in [0, 0.05) is 0 Å². The van der Waals surface area contributed by atoms with Crippen LogP contribution in [0, 0.1) is 0 Å². The first kappa shape index (κ1) is 14.3. The summed E-state index contributed by atoms with van der Waals surface area (Å²) >= 11 is 0. The molecule has 0 radical (unpaired) electrons. The highest BCUT2D eigenvalue weighted by Gasteiger charge is 2.37. The van der Waals surface area contributed by atoms with Crippen molar-refractivity contribution in [2.75, 3.05) is 0 Å². The summed E-state index contributed by atoms with van der Waals surface area (Å²) in [5.74, 6) is 0.